The van der Waals surface area contributed by atoms with Crippen LogP contribution in [0.5, 0.6) is 0 Å². The number of para-hydroxylation sites is 1. The summed E-state index contributed by atoms with van der Waals surface area (Å²) in [4.78, 5) is 16.9. The van der Waals surface area contributed by atoms with Gasteiger partial charge in [0.15, 0.2) is 0 Å². The number of anilines is 1. The molecule has 20 heavy (non-hydrogen) atoms. The molecule has 0 aliphatic carbocycles. The van der Waals surface area contributed by atoms with Crippen LogP contribution in [0, 0.1) is 12.8 Å². The topological polar surface area (TPSA) is 68.0 Å². The molecule has 104 valence electrons. The number of nitrogens with zero attached hydrogens (tertiary/aromatic N) is 1. The van der Waals surface area contributed by atoms with Gasteiger partial charge in [0, 0.05) is 11.1 Å². The van der Waals surface area contributed by atoms with Crippen LogP contribution >= 0.6 is 12.2 Å². The van der Waals surface area contributed by atoms with Crippen LogP contribution in [-0.2, 0) is 4.79 Å². The lowest BCUT2D eigenvalue weighted by molar-refractivity contribution is -0.118. The third-order valence-electron chi connectivity index (χ3n) is 3.19. The van der Waals surface area contributed by atoms with E-state index in [0.717, 1.165) is 16.6 Å². The summed E-state index contributed by atoms with van der Waals surface area (Å²) in [6.07, 6.45) is 0.582. The van der Waals surface area contributed by atoms with Gasteiger partial charge in [0.05, 0.1) is 22.1 Å². The van der Waals surface area contributed by atoms with Gasteiger partial charge in [0.25, 0.3) is 0 Å². The zero-order valence-corrected chi connectivity index (χ0v) is 12.3. The first-order valence-corrected chi connectivity index (χ1v) is 6.90. The summed E-state index contributed by atoms with van der Waals surface area (Å²) in [5, 5.41) is 3.86. The van der Waals surface area contributed by atoms with Gasteiger partial charge in [-0.25, -0.2) is 0 Å². The fourth-order valence-corrected chi connectivity index (χ4v) is 2.35. The Morgan fingerprint density at radius 1 is 1.40 bits per heavy atom. The molecule has 1 atom stereocenters. The summed E-state index contributed by atoms with van der Waals surface area (Å²) in [5.74, 6) is -0.638. The fraction of sp³-hybridized carbons (Fsp3) is 0.267. The first-order valence-electron chi connectivity index (χ1n) is 6.49. The SMILES string of the molecule is CCC(C(=O)Nc1cccc2ccc(C)nc12)C(N)=S. The summed E-state index contributed by atoms with van der Waals surface area (Å²) >= 11 is 4.93. The molecule has 3 N–H and O–H groups in total. The average molecular weight is 287 g/mol. The van der Waals surface area contributed by atoms with E-state index in [2.05, 4.69) is 10.3 Å². The van der Waals surface area contributed by atoms with Crippen LogP contribution in [0.3, 0.4) is 0 Å². The van der Waals surface area contributed by atoms with Crippen molar-refractivity contribution < 1.29 is 4.79 Å². The van der Waals surface area contributed by atoms with E-state index in [9.17, 15) is 4.79 Å². The zero-order valence-electron chi connectivity index (χ0n) is 11.5. The first kappa shape index (κ1) is 14.4. The number of rotatable bonds is 4. The van der Waals surface area contributed by atoms with Crippen LogP contribution in [0.25, 0.3) is 10.9 Å². The third kappa shape index (κ3) is 2.93. The Kier molecular flexibility index (Phi) is 4.29. The number of nitrogens with one attached hydrogen (secondary N) is 1. The summed E-state index contributed by atoms with van der Waals surface area (Å²) in [6, 6.07) is 9.61. The largest absolute Gasteiger partial charge is 0.393 e. The van der Waals surface area contributed by atoms with Crippen molar-refractivity contribution in [3.8, 4) is 0 Å². The normalized spacial score (nSPS) is 12.1. The van der Waals surface area contributed by atoms with E-state index in [-0.39, 0.29) is 10.9 Å². The van der Waals surface area contributed by atoms with Crippen molar-refractivity contribution in [2.45, 2.75) is 20.3 Å². The molecule has 0 radical (unpaired) electrons. The Morgan fingerprint density at radius 2 is 2.15 bits per heavy atom. The van der Waals surface area contributed by atoms with Gasteiger partial charge in [-0.3, -0.25) is 9.78 Å². The lowest BCUT2D eigenvalue weighted by Crippen LogP contribution is -2.32. The molecule has 1 unspecified atom stereocenters. The molecule has 0 aliphatic rings. The van der Waals surface area contributed by atoms with E-state index in [1.807, 2.05) is 44.2 Å². The Bertz CT molecular complexity index is 669. The van der Waals surface area contributed by atoms with E-state index >= 15 is 0 Å². The second kappa shape index (κ2) is 5.96. The molecule has 2 rings (SSSR count). The molecule has 1 amide bonds. The maximum Gasteiger partial charge on any atom is 0.234 e. The first-order chi connectivity index (χ1) is 9.52. The number of benzene rings is 1. The monoisotopic (exact) mass is 287 g/mol. The summed E-state index contributed by atoms with van der Waals surface area (Å²) in [5.41, 5.74) is 7.96. The van der Waals surface area contributed by atoms with Gasteiger partial charge >= 0.3 is 0 Å². The fourth-order valence-electron chi connectivity index (χ4n) is 2.08. The Hall–Kier alpha value is -2.01. The molecular weight excluding hydrogens is 270 g/mol. The van der Waals surface area contributed by atoms with Crippen molar-refractivity contribution in [1.82, 2.24) is 4.98 Å². The number of amides is 1. The van der Waals surface area contributed by atoms with Crippen molar-refractivity contribution >= 4 is 39.7 Å². The van der Waals surface area contributed by atoms with E-state index in [1.54, 1.807) is 0 Å². The number of aryl methyl sites for hydroxylation is 1. The number of aromatic nitrogens is 1. The van der Waals surface area contributed by atoms with Crippen LogP contribution in [0.15, 0.2) is 30.3 Å². The van der Waals surface area contributed by atoms with Crippen molar-refractivity contribution in [2.24, 2.45) is 11.7 Å². The highest BCUT2D eigenvalue weighted by atomic mass is 32.1. The lowest BCUT2D eigenvalue weighted by Gasteiger charge is -2.14. The lowest BCUT2D eigenvalue weighted by atomic mass is 10.1. The highest BCUT2D eigenvalue weighted by molar-refractivity contribution is 7.80. The maximum atomic E-state index is 12.2. The van der Waals surface area contributed by atoms with Gasteiger partial charge < -0.3 is 11.1 Å². The highest BCUT2D eigenvalue weighted by Gasteiger charge is 2.20. The molecule has 0 spiro atoms. The van der Waals surface area contributed by atoms with Gasteiger partial charge in [-0.2, -0.15) is 0 Å². The van der Waals surface area contributed by atoms with Crippen LogP contribution in [0.2, 0.25) is 0 Å². The second-order valence-electron chi connectivity index (χ2n) is 4.68. The van der Waals surface area contributed by atoms with Gasteiger partial charge in [-0.05, 0) is 25.5 Å². The minimum atomic E-state index is -0.454. The number of hydrogen-bond acceptors (Lipinski definition) is 3. The smallest absolute Gasteiger partial charge is 0.234 e. The van der Waals surface area contributed by atoms with E-state index < -0.39 is 5.92 Å². The highest BCUT2D eigenvalue weighted by Crippen LogP contribution is 2.22. The molecule has 0 saturated carbocycles. The quantitative estimate of drug-likeness (QED) is 0.849. The number of hydrogen-bond donors (Lipinski definition) is 2. The number of fused-ring (bicyclic) bond motifs is 1. The third-order valence-corrected chi connectivity index (χ3v) is 3.47. The van der Waals surface area contributed by atoms with Gasteiger partial charge in [-0.1, -0.05) is 37.3 Å². The molecule has 0 bridgehead atoms. The molecule has 1 aromatic heterocycles. The number of nitrogens with two attached hydrogens (primary N) is 1. The van der Waals surface area contributed by atoms with Crippen LogP contribution in [-0.4, -0.2) is 15.9 Å². The van der Waals surface area contributed by atoms with Crippen molar-refractivity contribution in [3.63, 3.8) is 0 Å². The molecule has 0 fully saturated rings. The van der Waals surface area contributed by atoms with Crippen LogP contribution < -0.4 is 11.1 Å². The van der Waals surface area contributed by atoms with Crippen LogP contribution in [0.1, 0.15) is 19.0 Å². The molecule has 0 aliphatic heterocycles. The predicted molar refractivity (Wildman–Crippen MR) is 85.7 cm³/mol. The maximum absolute atomic E-state index is 12.2. The zero-order chi connectivity index (χ0) is 14.7. The minimum absolute atomic E-state index is 0.184. The summed E-state index contributed by atoms with van der Waals surface area (Å²) in [6.45, 7) is 3.80. The number of carbonyl (C=O) groups excluding carboxylic acids is 1. The van der Waals surface area contributed by atoms with E-state index in [4.69, 9.17) is 18.0 Å². The number of pyridine rings is 1. The molecular formula is C15H17N3OS. The number of thiocarbonyl (C=S) groups is 1. The van der Waals surface area contributed by atoms with Crippen LogP contribution in [0.4, 0.5) is 5.69 Å². The molecule has 2 aromatic rings. The minimum Gasteiger partial charge on any atom is -0.393 e. The van der Waals surface area contributed by atoms with E-state index in [0.29, 0.717) is 12.1 Å². The Morgan fingerprint density at radius 3 is 2.80 bits per heavy atom. The molecule has 1 aromatic carbocycles. The standard InChI is InChI=1S/C15H17N3OS/c1-3-11(14(16)20)15(19)18-12-6-4-5-10-8-7-9(2)17-13(10)12/h4-8,11H,3H2,1-2H3,(H2,16,20)(H,18,19). The molecule has 4 nitrogen and oxygen atoms in total. The van der Waals surface area contributed by atoms with Gasteiger partial charge in [0.2, 0.25) is 5.91 Å². The molecule has 1 heterocycles. The van der Waals surface area contributed by atoms with E-state index in [1.165, 1.54) is 0 Å². The van der Waals surface area contributed by atoms with Crippen molar-refractivity contribution in [2.75, 3.05) is 5.32 Å². The number of carbonyl (C=O) groups is 1. The van der Waals surface area contributed by atoms with Gasteiger partial charge in [-0.15, -0.1) is 0 Å². The summed E-state index contributed by atoms with van der Waals surface area (Å²) < 4.78 is 0. The molecule has 0 saturated heterocycles. The molecule has 5 heteroatoms. The second-order valence-corrected chi connectivity index (χ2v) is 5.15. The van der Waals surface area contributed by atoms with Crippen molar-refractivity contribution in [1.29, 1.82) is 0 Å². The summed E-state index contributed by atoms with van der Waals surface area (Å²) in [7, 11) is 0. The Balaban J connectivity index is 2.36. The van der Waals surface area contributed by atoms with Crippen molar-refractivity contribution in [3.05, 3.63) is 36.0 Å². The Labute approximate surface area is 123 Å². The van der Waals surface area contributed by atoms with Gasteiger partial charge in [0.1, 0.15) is 0 Å². The predicted octanol–water partition coefficient (Wildman–Crippen LogP) is 2.79. The average Bonchev–Trinajstić information content (AvgIpc) is 2.39.